The van der Waals surface area contributed by atoms with Crippen LogP contribution in [0.4, 0.5) is 0 Å². The van der Waals surface area contributed by atoms with E-state index in [0.29, 0.717) is 25.3 Å². The lowest BCUT2D eigenvalue weighted by Crippen LogP contribution is -2.36. The molecule has 0 saturated carbocycles. The van der Waals surface area contributed by atoms with Gasteiger partial charge in [-0.1, -0.05) is 13.8 Å². The standard InChI is InChI=1S/C17H26N2O4/c1-12(2)3-8-19-11-16(21)15(20)9-14(19)10-18-6-4-13(5-7-18)17(22)23/h9,11-13,21H,3-8,10H2,1-2H3,(H,22,23). The average Bonchev–Trinajstić information content (AvgIpc) is 2.49. The summed E-state index contributed by atoms with van der Waals surface area (Å²) in [5.74, 6) is -0.657. The van der Waals surface area contributed by atoms with Crippen LogP contribution in [-0.2, 0) is 17.9 Å². The molecule has 1 fully saturated rings. The summed E-state index contributed by atoms with van der Waals surface area (Å²) in [5.41, 5.74) is 0.517. The van der Waals surface area contributed by atoms with Gasteiger partial charge in [0.1, 0.15) is 0 Å². The van der Waals surface area contributed by atoms with Gasteiger partial charge in [-0.2, -0.15) is 0 Å². The van der Waals surface area contributed by atoms with Crippen LogP contribution in [0.5, 0.6) is 5.75 Å². The van der Waals surface area contributed by atoms with E-state index in [0.717, 1.165) is 31.7 Å². The molecule has 0 aromatic carbocycles. The van der Waals surface area contributed by atoms with Crippen molar-refractivity contribution in [3.8, 4) is 5.75 Å². The Morgan fingerprint density at radius 3 is 2.57 bits per heavy atom. The zero-order valence-electron chi connectivity index (χ0n) is 13.9. The first-order valence-electron chi connectivity index (χ1n) is 8.24. The Kier molecular flexibility index (Phi) is 5.82. The highest BCUT2D eigenvalue weighted by Crippen LogP contribution is 2.19. The van der Waals surface area contributed by atoms with Crippen LogP contribution in [0.2, 0.25) is 0 Å². The monoisotopic (exact) mass is 322 g/mol. The average molecular weight is 322 g/mol. The molecule has 0 aliphatic carbocycles. The Hall–Kier alpha value is -1.82. The van der Waals surface area contributed by atoms with Crippen LogP contribution in [0.25, 0.3) is 0 Å². The van der Waals surface area contributed by atoms with Gasteiger partial charge < -0.3 is 14.8 Å². The van der Waals surface area contributed by atoms with Crippen LogP contribution < -0.4 is 5.43 Å². The zero-order chi connectivity index (χ0) is 17.0. The highest BCUT2D eigenvalue weighted by molar-refractivity contribution is 5.70. The van der Waals surface area contributed by atoms with Gasteiger partial charge in [-0.05, 0) is 38.3 Å². The molecular weight excluding hydrogens is 296 g/mol. The Morgan fingerprint density at radius 1 is 1.35 bits per heavy atom. The van der Waals surface area contributed by atoms with Gasteiger partial charge in [0.15, 0.2) is 5.75 Å². The summed E-state index contributed by atoms with van der Waals surface area (Å²) in [6.45, 7) is 7.08. The van der Waals surface area contributed by atoms with Crippen molar-refractivity contribution in [3.05, 3.63) is 28.2 Å². The van der Waals surface area contributed by atoms with Crippen molar-refractivity contribution < 1.29 is 15.0 Å². The first-order chi connectivity index (χ1) is 10.9. The number of hydrogen-bond acceptors (Lipinski definition) is 4. The molecule has 0 amide bonds. The summed E-state index contributed by atoms with van der Waals surface area (Å²) in [6.07, 6.45) is 3.77. The lowest BCUT2D eigenvalue weighted by Gasteiger charge is -2.30. The highest BCUT2D eigenvalue weighted by Gasteiger charge is 2.24. The molecular formula is C17H26N2O4. The zero-order valence-corrected chi connectivity index (χ0v) is 13.9. The largest absolute Gasteiger partial charge is 0.503 e. The fourth-order valence-corrected chi connectivity index (χ4v) is 2.91. The molecule has 0 radical (unpaired) electrons. The molecule has 1 aromatic heterocycles. The minimum Gasteiger partial charge on any atom is -0.503 e. The number of carboxylic acids is 1. The van der Waals surface area contributed by atoms with E-state index < -0.39 is 5.97 Å². The maximum atomic E-state index is 11.8. The quantitative estimate of drug-likeness (QED) is 0.836. The van der Waals surface area contributed by atoms with Crippen LogP contribution in [0.3, 0.4) is 0 Å². The van der Waals surface area contributed by atoms with Crippen molar-refractivity contribution in [3.63, 3.8) is 0 Å². The second kappa shape index (κ2) is 7.64. The molecule has 6 nitrogen and oxygen atoms in total. The van der Waals surface area contributed by atoms with E-state index >= 15 is 0 Å². The van der Waals surface area contributed by atoms with E-state index in [-0.39, 0.29) is 17.1 Å². The van der Waals surface area contributed by atoms with Gasteiger partial charge in [0.25, 0.3) is 0 Å². The number of aliphatic carboxylic acids is 1. The van der Waals surface area contributed by atoms with Crippen LogP contribution in [0.15, 0.2) is 17.1 Å². The van der Waals surface area contributed by atoms with Crippen LogP contribution in [0.1, 0.15) is 38.8 Å². The smallest absolute Gasteiger partial charge is 0.306 e. The first-order valence-corrected chi connectivity index (χ1v) is 8.24. The molecule has 23 heavy (non-hydrogen) atoms. The molecule has 0 bridgehead atoms. The third-order valence-corrected chi connectivity index (χ3v) is 4.47. The molecule has 6 heteroatoms. The van der Waals surface area contributed by atoms with Crippen molar-refractivity contribution >= 4 is 5.97 Å². The Balaban J connectivity index is 2.08. The number of piperidine rings is 1. The van der Waals surface area contributed by atoms with Crippen molar-refractivity contribution in [1.82, 2.24) is 9.47 Å². The summed E-state index contributed by atoms with van der Waals surface area (Å²) in [7, 11) is 0. The molecule has 0 spiro atoms. The van der Waals surface area contributed by atoms with E-state index in [9.17, 15) is 14.7 Å². The van der Waals surface area contributed by atoms with Gasteiger partial charge in [0.05, 0.1) is 12.1 Å². The summed E-state index contributed by atoms with van der Waals surface area (Å²) >= 11 is 0. The van der Waals surface area contributed by atoms with Crippen molar-refractivity contribution in [2.45, 2.75) is 46.2 Å². The third-order valence-electron chi connectivity index (χ3n) is 4.47. The number of aromatic hydroxyl groups is 1. The molecule has 128 valence electrons. The molecule has 0 unspecified atom stereocenters. The van der Waals surface area contributed by atoms with Gasteiger partial charge in [0, 0.05) is 24.8 Å². The van der Waals surface area contributed by atoms with E-state index in [1.165, 1.54) is 12.3 Å². The normalized spacial score (nSPS) is 16.8. The topological polar surface area (TPSA) is 82.8 Å². The molecule has 2 N–H and O–H groups in total. The molecule has 2 rings (SSSR count). The second-order valence-electron chi connectivity index (χ2n) is 6.78. The predicted octanol–water partition coefficient (Wildman–Crippen LogP) is 1.90. The minimum absolute atomic E-state index is 0.220. The van der Waals surface area contributed by atoms with Gasteiger partial charge in [-0.15, -0.1) is 0 Å². The van der Waals surface area contributed by atoms with Crippen LogP contribution >= 0.6 is 0 Å². The number of hydrogen-bond donors (Lipinski definition) is 2. The molecule has 1 aliphatic heterocycles. The minimum atomic E-state index is -0.719. The number of carbonyl (C=O) groups is 1. The molecule has 1 aromatic rings. The number of aromatic nitrogens is 1. The number of carboxylic acid groups (broad SMARTS) is 1. The number of nitrogens with zero attached hydrogens (tertiary/aromatic N) is 2. The van der Waals surface area contributed by atoms with E-state index in [2.05, 4.69) is 18.7 Å². The van der Waals surface area contributed by atoms with Gasteiger partial charge in [-0.3, -0.25) is 14.5 Å². The maximum Gasteiger partial charge on any atom is 0.306 e. The summed E-state index contributed by atoms with van der Waals surface area (Å²) in [6, 6.07) is 1.50. The number of likely N-dealkylation sites (tertiary alicyclic amines) is 1. The fraction of sp³-hybridized carbons (Fsp3) is 0.647. The maximum absolute atomic E-state index is 11.8. The van der Waals surface area contributed by atoms with Gasteiger partial charge in [0.2, 0.25) is 5.43 Å². The predicted molar refractivity (Wildman–Crippen MR) is 87.5 cm³/mol. The van der Waals surface area contributed by atoms with Crippen molar-refractivity contribution in [2.75, 3.05) is 13.1 Å². The molecule has 2 heterocycles. The SMILES string of the molecule is CC(C)CCn1cc(O)c(=O)cc1CN1CCC(C(=O)O)CC1. The summed E-state index contributed by atoms with van der Waals surface area (Å²) in [4.78, 5) is 24.9. The van der Waals surface area contributed by atoms with E-state index in [4.69, 9.17) is 5.11 Å². The summed E-state index contributed by atoms with van der Waals surface area (Å²) in [5, 5.41) is 18.7. The van der Waals surface area contributed by atoms with Crippen LogP contribution in [-0.4, -0.2) is 38.7 Å². The fourth-order valence-electron chi connectivity index (χ4n) is 2.91. The van der Waals surface area contributed by atoms with Crippen molar-refractivity contribution in [1.29, 1.82) is 0 Å². The number of aryl methyl sites for hydroxylation is 1. The number of rotatable bonds is 6. The Labute approximate surface area is 136 Å². The first kappa shape index (κ1) is 17.5. The van der Waals surface area contributed by atoms with E-state index in [1.54, 1.807) is 0 Å². The Morgan fingerprint density at radius 2 is 2.00 bits per heavy atom. The van der Waals surface area contributed by atoms with E-state index in [1.807, 2.05) is 4.57 Å². The van der Waals surface area contributed by atoms with Crippen LogP contribution in [0, 0.1) is 11.8 Å². The lowest BCUT2D eigenvalue weighted by molar-refractivity contribution is -0.143. The highest BCUT2D eigenvalue weighted by atomic mass is 16.4. The molecule has 0 atom stereocenters. The molecule has 1 aliphatic rings. The summed E-state index contributed by atoms with van der Waals surface area (Å²) < 4.78 is 1.94. The molecule has 1 saturated heterocycles. The van der Waals surface area contributed by atoms with Gasteiger partial charge >= 0.3 is 5.97 Å². The second-order valence-corrected chi connectivity index (χ2v) is 6.78. The third kappa shape index (κ3) is 4.82. The Bertz CT molecular complexity index is 601. The number of pyridine rings is 1. The van der Waals surface area contributed by atoms with Crippen molar-refractivity contribution in [2.24, 2.45) is 11.8 Å². The lowest BCUT2D eigenvalue weighted by atomic mass is 9.97. The van der Waals surface area contributed by atoms with Gasteiger partial charge in [-0.25, -0.2) is 0 Å².